The highest BCUT2D eigenvalue weighted by Gasteiger charge is 2.20. The topological polar surface area (TPSA) is 91.6 Å². The number of non-ortho nitro benzene ring substituents is 1. The highest BCUT2D eigenvalue weighted by Crippen LogP contribution is 2.39. The molecule has 39 heavy (non-hydrogen) atoms. The van der Waals surface area contributed by atoms with Crippen LogP contribution in [0.25, 0.3) is 21.0 Å². The third-order valence-corrected chi connectivity index (χ3v) is 8.14. The number of benzene rings is 3. The smallest absolute Gasteiger partial charge is 0.323 e. The van der Waals surface area contributed by atoms with Crippen LogP contribution in [0.1, 0.15) is 26.3 Å². The number of nitro groups is 1. The van der Waals surface area contributed by atoms with Crippen molar-refractivity contribution in [1.29, 1.82) is 0 Å². The minimum Gasteiger partial charge on any atom is -0.323 e. The number of nitrogens with one attached hydrogen (secondary N) is 1. The average molecular weight is 562 g/mol. The van der Waals surface area contributed by atoms with Crippen molar-refractivity contribution in [2.75, 3.05) is 19.0 Å². The molecule has 0 bridgehead atoms. The molecule has 0 radical (unpaired) electrons. The molecule has 2 amide bonds. The van der Waals surface area contributed by atoms with Crippen LogP contribution < -0.4 is 9.62 Å². The zero-order chi connectivity index (χ0) is 28.2. The van der Waals surface area contributed by atoms with Gasteiger partial charge in [0.15, 0.2) is 0 Å². The van der Waals surface area contributed by atoms with Crippen molar-refractivity contribution in [3.63, 3.8) is 0 Å². The van der Waals surface area contributed by atoms with Crippen molar-refractivity contribution in [2.24, 2.45) is 0 Å². The highest BCUT2D eigenvalue weighted by molar-refractivity contribution is 7.97. The van der Waals surface area contributed by atoms with E-state index in [1.807, 2.05) is 54.7 Å². The van der Waals surface area contributed by atoms with E-state index < -0.39 is 4.92 Å². The molecule has 0 saturated heterocycles. The van der Waals surface area contributed by atoms with Gasteiger partial charge in [-0.1, -0.05) is 36.4 Å². The van der Waals surface area contributed by atoms with E-state index in [1.54, 1.807) is 36.0 Å². The first-order valence-corrected chi connectivity index (χ1v) is 14.0. The maximum absolute atomic E-state index is 13.2. The summed E-state index contributed by atoms with van der Waals surface area (Å²) in [7, 11) is 3.58. The van der Waals surface area contributed by atoms with Crippen molar-refractivity contribution >= 4 is 40.7 Å². The number of thiazole rings is 1. The van der Waals surface area contributed by atoms with Gasteiger partial charge in [-0.25, -0.2) is 9.78 Å². The molecule has 0 fully saturated rings. The minimum absolute atomic E-state index is 0.0474. The summed E-state index contributed by atoms with van der Waals surface area (Å²) < 4.78 is 3.48. The summed E-state index contributed by atoms with van der Waals surface area (Å²) in [5.74, 6) is 0. The number of rotatable bonds is 8. The number of carbonyl (C=O) groups excluding carboxylic acids is 1. The van der Waals surface area contributed by atoms with Gasteiger partial charge in [-0.05, 0) is 62.5 Å². The van der Waals surface area contributed by atoms with E-state index in [0.29, 0.717) is 6.54 Å². The number of amides is 2. The number of nitrogens with zero attached hydrogens (tertiary/aromatic N) is 4. The molecule has 4 aromatic rings. The van der Waals surface area contributed by atoms with Crippen LogP contribution in [0.15, 0.2) is 83.9 Å². The summed E-state index contributed by atoms with van der Waals surface area (Å²) in [5.41, 5.74) is 3.57. The Morgan fingerprint density at radius 1 is 1.05 bits per heavy atom. The molecule has 0 aliphatic rings. The second kappa shape index (κ2) is 12.0. The zero-order valence-corrected chi connectivity index (χ0v) is 24.2. The molecule has 0 aliphatic carbocycles. The number of nitro benzene ring substituents is 1. The number of urea groups is 1. The minimum atomic E-state index is -0.411. The standard InChI is InChI=1S/C29H31N5O3S2/c1-29(2,3)31-39-25-17-23(33(5)28(35)32(4)19-20-9-7-6-8-10-20)15-16-24(25)26-18-30-27(38-26)21-11-13-22(14-12-21)34(36)37/h6-18,31H,19H2,1-5H3. The van der Waals surface area contributed by atoms with E-state index in [9.17, 15) is 14.9 Å². The van der Waals surface area contributed by atoms with Gasteiger partial charge < -0.3 is 4.90 Å². The predicted octanol–water partition coefficient (Wildman–Crippen LogP) is 7.47. The Morgan fingerprint density at radius 2 is 1.74 bits per heavy atom. The second-order valence-electron chi connectivity index (χ2n) is 10.2. The van der Waals surface area contributed by atoms with Crippen molar-refractivity contribution < 1.29 is 9.72 Å². The SMILES string of the molecule is CN(Cc1ccccc1)C(=O)N(C)c1ccc(-c2cnc(-c3ccc([N+](=O)[O-])cc3)s2)c(SNC(C)(C)C)c1. The van der Waals surface area contributed by atoms with E-state index >= 15 is 0 Å². The molecule has 0 saturated carbocycles. The van der Waals surface area contributed by atoms with Gasteiger partial charge in [0.2, 0.25) is 0 Å². The van der Waals surface area contributed by atoms with Crippen LogP contribution in [0.4, 0.5) is 16.2 Å². The molecule has 4 rings (SSSR count). The lowest BCUT2D eigenvalue weighted by molar-refractivity contribution is -0.384. The van der Waals surface area contributed by atoms with Crippen molar-refractivity contribution in [3.8, 4) is 21.0 Å². The fourth-order valence-electron chi connectivity index (χ4n) is 3.76. The molecule has 0 aliphatic heterocycles. The molecule has 3 aromatic carbocycles. The third kappa shape index (κ3) is 7.23. The number of carbonyl (C=O) groups is 1. The number of hydrogen-bond acceptors (Lipinski definition) is 7. The van der Waals surface area contributed by atoms with E-state index in [-0.39, 0.29) is 17.3 Å². The van der Waals surface area contributed by atoms with Crippen LogP contribution in [0, 0.1) is 10.1 Å². The summed E-state index contributed by atoms with van der Waals surface area (Å²) in [6.07, 6.45) is 1.82. The molecule has 8 nitrogen and oxygen atoms in total. The number of hydrogen-bond donors (Lipinski definition) is 1. The number of aromatic nitrogens is 1. The van der Waals surface area contributed by atoms with E-state index in [2.05, 4.69) is 30.5 Å². The molecule has 202 valence electrons. The Hall–Kier alpha value is -3.73. The molecule has 1 heterocycles. The van der Waals surface area contributed by atoms with Crippen molar-refractivity contribution in [3.05, 3.63) is 94.7 Å². The Morgan fingerprint density at radius 3 is 2.38 bits per heavy atom. The third-order valence-electron chi connectivity index (χ3n) is 5.79. The van der Waals surface area contributed by atoms with Gasteiger partial charge in [0.25, 0.3) is 5.69 Å². The predicted molar refractivity (Wildman–Crippen MR) is 160 cm³/mol. The molecule has 0 unspecified atom stereocenters. The van der Waals surface area contributed by atoms with Crippen LogP contribution in [-0.4, -0.2) is 40.5 Å². The Bertz CT molecular complexity index is 1450. The van der Waals surface area contributed by atoms with E-state index in [0.717, 1.165) is 37.2 Å². The fraction of sp³-hybridized carbons (Fsp3) is 0.241. The van der Waals surface area contributed by atoms with Crippen LogP contribution >= 0.6 is 23.3 Å². The molecule has 1 aromatic heterocycles. The summed E-state index contributed by atoms with van der Waals surface area (Å²) >= 11 is 3.03. The lowest BCUT2D eigenvalue weighted by Crippen LogP contribution is -2.38. The van der Waals surface area contributed by atoms with Gasteiger partial charge in [0, 0.05) is 66.2 Å². The molecular formula is C29H31N5O3S2. The Labute approximate surface area is 237 Å². The van der Waals surface area contributed by atoms with Crippen LogP contribution in [0.2, 0.25) is 0 Å². The van der Waals surface area contributed by atoms with Crippen LogP contribution in [-0.2, 0) is 6.54 Å². The Balaban J connectivity index is 1.61. The molecule has 1 N–H and O–H groups in total. The summed E-state index contributed by atoms with van der Waals surface area (Å²) in [6.45, 7) is 6.80. The van der Waals surface area contributed by atoms with Crippen molar-refractivity contribution in [1.82, 2.24) is 14.6 Å². The summed E-state index contributed by atoms with van der Waals surface area (Å²) in [6, 6.07) is 22.2. The van der Waals surface area contributed by atoms with Gasteiger partial charge in [-0.2, -0.15) is 0 Å². The first-order valence-electron chi connectivity index (χ1n) is 12.3. The zero-order valence-electron chi connectivity index (χ0n) is 22.5. The maximum atomic E-state index is 13.2. The molecule has 10 heteroatoms. The van der Waals surface area contributed by atoms with Gasteiger partial charge >= 0.3 is 6.03 Å². The Kier molecular flexibility index (Phi) is 8.69. The van der Waals surface area contributed by atoms with Gasteiger partial charge in [0.05, 0.1) is 9.80 Å². The molecular weight excluding hydrogens is 530 g/mol. The van der Waals surface area contributed by atoms with Crippen LogP contribution in [0.3, 0.4) is 0 Å². The maximum Gasteiger partial charge on any atom is 0.324 e. The molecule has 0 atom stereocenters. The summed E-state index contributed by atoms with van der Waals surface area (Å²) in [5, 5.41) is 11.8. The normalized spacial score (nSPS) is 11.3. The number of anilines is 1. The monoisotopic (exact) mass is 561 g/mol. The first kappa shape index (κ1) is 28.3. The molecule has 0 spiro atoms. The van der Waals surface area contributed by atoms with Gasteiger partial charge in [0.1, 0.15) is 5.01 Å². The first-order chi connectivity index (χ1) is 18.5. The lowest BCUT2D eigenvalue weighted by atomic mass is 10.1. The van der Waals surface area contributed by atoms with Crippen LogP contribution in [0.5, 0.6) is 0 Å². The average Bonchev–Trinajstić information content (AvgIpc) is 3.41. The van der Waals surface area contributed by atoms with E-state index in [4.69, 9.17) is 0 Å². The van der Waals surface area contributed by atoms with Gasteiger partial charge in [-0.3, -0.25) is 19.7 Å². The fourth-order valence-corrected chi connectivity index (χ4v) is 5.67. The van der Waals surface area contributed by atoms with Gasteiger partial charge in [-0.15, -0.1) is 11.3 Å². The van der Waals surface area contributed by atoms with E-state index in [1.165, 1.54) is 35.4 Å². The summed E-state index contributed by atoms with van der Waals surface area (Å²) in [4.78, 5) is 33.7. The highest BCUT2D eigenvalue weighted by atomic mass is 32.2. The quantitative estimate of drug-likeness (QED) is 0.136. The second-order valence-corrected chi connectivity index (χ2v) is 12.0. The lowest BCUT2D eigenvalue weighted by Gasteiger charge is -2.26. The van der Waals surface area contributed by atoms with Crippen molar-refractivity contribution in [2.45, 2.75) is 37.8 Å². The largest absolute Gasteiger partial charge is 0.324 e.